The van der Waals surface area contributed by atoms with Gasteiger partial charge in [-0.05, 0) is 38.5 Å². The van der Waals surface area contributed by atoms with Crippen LogP contribution in [0.5, 0.6) is 0 Å². The molecule has 0 spiro atoms. The van der Waals surface area contributed by atoms with Crippen LogP contribution in [0.25, 0.3) is 10.9 Å². The van der Waals surface area contributed by atoms with Crippen molar-refractivity contribution in [1.82, 2.24) is 4.98 Å². The minimum absolute atomic E-state index is 0.0794. The van der Waals surface area contributed by atoms with Crippen molar-refractivity contribution in [2.24, 2.45) is 0 Å². The Hall–Kier alpha value is -2.43. The first-order valence-electron chi connectivity index (χ1n) is 7.44. The highest BCUT2D eigenvalue weighted by Crippen LogP contribution is 2.25. The second-order valence-corrected chi connectivity index (χ2v) is 6.33. The number of fused-ring (bicyclic) bond motifs is 1. The molecule has 1 unspecified atom stereocenters. The normalized spacial score (nSPS) is 12.7. The summed E-state index contributed by atoms with van der Waals surface area (Å²) in [4.78, 5) is 28.5. The van der Waals surface area contributed by atoms with Crippen LogP contribution < -0.4 is 0 Å². The highest BCUT2D eigenvalue weighted by molar-refractivity contribution is 5.86. The fraction of sp³-hybridized carbons (Fsp3) is 0.389. The fourth-order valence-electron chi connectivity index (χ4n) is 2.31. The fourth-order valence-corrected chi connectivity index (χ4v) is 2.31. The predicted octanol–water partition coefficient (Wildman–Crippen LogP) is 3.22. The zero-order valence-corrected chi connectivity index (χ0v) is 13.8. The van der Waals surface area contributed by atoms with Gasteiger partial charge in [-0.1, -0.05) is 18.2 Å². The van der Waals surface area contributed by atoms with Crippen molar-refractivity contribution >= 4 is 22.8 Å². The van der Waals surface area contributed by atoms with Gasteiger partial charge in [0.1, 0.15) is 5.60 Å². The topological polar surface area (TPSA) is 65.5 Å². The molecule has 1 heterocycles. The number of para-hydroxylation sites is 1. The molecule has 0 aliphatic rings. The quantitative estimate of drug-likeness (QED) is 0.810. The van der Waals surface area contributed by atoms with E-state index < -0.39 is 23.5 Å². The number of aromatic nitrogens is 1. The molecule has 0 aliphatic heterocycles. The Labute approximate surface area is 135 Å². The molecule has 0 aliphatic carbocycles. The van der Waals surface area contributed by atoms with E-state index in [2.05, 4.69) is 4.98 Å². The Balaban J connectivity index is 2.29. The molecule has 2 aromatic rings. The molecular weight excluding hydrogens is 294 g/mol. The third-order valence-electron chi connectivity index (χ3n) is 3.29. The molecule has 5 nitrogen and oxygen atoms in total. The lowest BCUT2D eigenvalue weighted by Gasteiger charge is -2.21. The lowest BCUT2D eigenvalue weighted by molar-refractivity contribution is -0.158. The summed E-state index contributed by atoms with van der Waals surface area (Å²) in [6, 6.07) is 9.45. The smallest absolute Gasteiger partial charge is 0.313 e. The lowest BCUT2D eigenvalue weighted by Crippen LogP contribution is -2.27. The number of carbonyl (C=O) groups is 2. The van der Waals surface area contributed by atoms with E-state index in [-0.39, 0.29) is 6.42 Å². The van der Waals surface area contributed by atoms with Crippen molar-refractivity contribution < 1.29 is 19.1 Å². The molecule has 0 radical (unpaired) electrons. The number of hydrogen-bond donors (Lipinski definition) is 0. The van der Waals surface area contributed by atoms with E-state index in [1.54, 1.807) is 27.0 Å². The van der Waals surface area contributed by atoms with Gasteiger partial charge in [-0.25, -0.2) is 0 Å². The van der Waals surface area contributed by atoms with Crippen molar-refractivity contribution in [3.05, 3.63) is 42.1 Å². The van der Waals surface area contributed by atoms with E-state index in [0.717, 1.165) is 10.9 Å². The van der Waals surface area contributed by atoms with Crippen LogP contribution in [0.2, 0.25) is 0 Å². The number of pyridine rings is 1. The standard InChI is InChI=1S/C18H21NO4/c1-18(2,3)23-16(20)10-14(17(21)22-4)13-9-12-7-5-6-8-15(12)19-11-13/h5-9,11,14H,10H2,1-4H3. The molecule has 122 valence electrons. The first-order valence-corrected chi connectivity index (χ1v) is 7.44. The van der Waals surface area contributed by atoms with Crippen molar-refractivity contribution in [1.29, 1.82) is 0 Å². The van der Waals surface area contributed by atoms with Gasteiger partial charge in [0, 0.05) is 11.6 Å². The van der Waals surface area contributed by atoms with Crippen LogP contribution in [0.15, 0.2) is 36.5 Å². The molecule has 1 atom stereocenters. The SMILES string of the molecule is COC(=O)C(CC(=O)OC(C)(C)C)c1cnc2ccccc2c1. The van der Waals surface area contributed by atoms with Crippen LogP contribution >= 0.6 is 0 Å². The van der Waals surface area contributed by atoms with E-state index in [0.29, 0.717) is 5.56 Å². The molecular formula is C18H21NO4. The van der Waals surface area contributed by atoms with E-state index in [1.807, 2.05) is 30.3 Å². The second kappa shape index (κ2) is 6.77. The molecule has 0 fully saturated rings. The van der Waals surface area contributed by atoms with Gasteiger partial charge in [-0.3, -0.25) is 14.6 Å². The molecule has 23 heavy (non-hydrogen) atoms. The van der Waals surface area contributed by atoms with Gasteiger partial charge >= 0.3 is 11.9 Å². The minimum atomic E-state index is -0.730. The number of nitrogens with zero attached hydrogens (tertiary/aromatic N) is 1. The van der Waals surface area contributed by atoms with Gasteiger partial charge in [-0.15, -0.1) is 0 Å². The highest BCUT2D eigenvalue weighted by Gasteiger charge is 2.28. The van der Waals surface area contributed by atoms with Gasteiger partial charge in [0.2, 0.25) is 0 Å². The van der Waals surface area contributed by atoms with Crippen LogP contribution in [0.4, 0.5) is 0 Å². The summed E-state index contributed by atoms with van der Waals surface area (Å²) in [6.07, 6.45) is 1.53. The largest absolute Gasteiger partial charge is 0.469 e. The molecule has 5 heteroatoms. The van der Waals surface area contributed by atoms with Gasteiger partial charge in [0.05, 0.1) is 25.0 Å². The summed E-state index contributed by atoms with van der Waals surface area (Å²) >= 11 is 0. The molecule has 0 N–H and O–H groups in total. The zero-order valence-electron chi connectivity index (χ0n) is 13.8. The Kier molecular flexibility index (Phi) is 4.98. The Bertz CT molecular complexity index is 718. The summed E-state index contributed by atoms with van der Waals surface area (Å²) in [5, 5.41) is 0.906. The monoisotopic (exact) mass is 315 g/mol. The number of esters is 2. The number of methoxy groups -OCH3 is 1. The molecule has 0 amide bonds. The summed E-state index contributed by atoms with van der Waals surface area (Å²) in [6.45, 7) is 5.36. The zero-order chi connectivity index (χ0) is 17.0. The first kappa shape index (κ1) is 16.9. The van der Waals surface area contributed by atoms with Crippen LogP contribution in [-0.2, 0) is 19.1 Å². The number of ether oxygens (including phenoxy) is 2. The number of benzene rings is 1. The Morgan fingerprint density at radius 1 is 1.22 bits per heavy atom. The van der Waals surface area contributed by atoms with Gasteiger partial charge < -0.3 is 9.47 Å². The maximum absolute atomic E-state index is 12.1. The summed E-state index contributed by atoms with van der Waals surface area (Å²) in [7, 11) is 1.30. The molecule has 0 saturated heterocycles. The van der Waals surface area contributed by atoms with Crippen LogP contribution in [0.3, 0.4) is 0 Å². The van der Waals surface area contributed by atoms with Gasteiger partial charge in [0.25, 0.3) is 0 Å². The van der Waals surface area contributed by atoms with Gasteiger partial charge in [-0.2, -0.15) is 0 Å². The lowest BCUT2D eigenvalue weighted by atomic mass is 9.96. The Morgan fingerprint density at radius 2 is 1.91 bits per heavy atom. The van der Waals surface area contributed by atoms with Crippen LogP contribution in [0.1, 0.15) is 38.7 Å². The number of rotatable bonds is 4. The van der Waals surface area contributed by atoms with Crippen molar-refractivity contribution in [3.63, 3.8) is 0 Å². The molecule has 0 saturated carbocycles. The molecule has 0 bridgehead atoms. The third kappa shape index (κ3) is 4.52. The predicted molar refractivity (Wildman–Crippen MR) is 87.0 cm³/mol. The van der Waals surface area contributed by atoms with E-state index in [4.69, 9.17) is 9.47 Å². The second-order valence-electron chi connectivity index (χ2n) is 6.33. The molecule has 2 rings (SSSR count). The maximum Gasteiger partial charge on any atom is 0.313 e. The third-order valence-corrected chi connectivity index (χ3v) is 3.29. The molecule has 1 aromatic heterocycles. The number of hydrogen-bond acceptors (Lipinski definition) is 5. The summed E-state index contributed by atoms with van der Waals surface area (Å²) < 4.78 is 10.1. The minimum Gasteiger partial charge on any atom is -0.469 e. The van der Waals surface area contributed by atoms with Crippen LogP contribution in [-0.4, -0.2) is 29.6 Å². The maximum atomic E-state index is 12.1. The van der Waals surface area contributed by atoms with Crippen LogP contribution in [0, 0.1) is 0 Å². The van der Waals surface area contributed by atoms with Crippen molar-refractivity contribution in [2.45, 2.75) is 38.7 Å². The van der Waals surface area contributed by atoms with Crippen molar-refractivity contribution in [2.75, 3.05) is 7.11 Å². The molecule has 1 aromatic carbocycles. The summed E-state index contributed by atoms with van der Waals surface area (Å²) in [5.41, 5.74) is 0.873. The average molecular weight is 315 g/mol. The van der Waals surface area contributed by atoms with Gasteiger partial charge in [0.15, 0.2) is 0 Å². The Morgan fingerprint density at radius 3 is 2.57 bits per heavy atom. The van der Waals surface area contributed by atoms with E-state index >= 15 is 0 Å². The van der Waals surface area contributed by atoms with E-state index in [1.165, 1.54) is 7.11 Å². The first-order chi connectivity index (χ1) is 10.8. The summed E-state index contributed by atoms with van der Waals surface area (Å²) in [5.74, 6) is -1.65. The van der Waals surface area contributed by atoms with E-state index in [9.17, 15) is 9.59 Å². The van der Waals surface area contributed by atoms with Crippen molar-refractivity contribution in [3.8, 4) is 0 Å². The number of carbonyl (C=O) groups excluding carboxylic acids is 2. The average Bonchev–Trinajstić information content (AvgIpc) is 2.49. The highest BCUT2D eigenvalue weighted by atomic mass is 16.6.